The van der Waals surface area contributed by atoms with Gasteiger partial charge in [-0.25, -0.2) is 4.39 Å². The lowest BCUT2D eigenvalue weighted by molar-refractivity contribution is 0.245. The van der Waals surface area contributed by atoms with E-state index in [1.807, 2.05) is 0 Å². The summed E-state index contributed by atoms with van der Waals surface area (Å²) >= 11 is 9.30. The molecule has 2 rings (SSSR count). The molecular weight excluding hydrogens is 268 g/mol. The second kappa shape index (κ2) is 3.47. The van der Waals surface area contributed by atoms with Gasteiger partial charge in [0.05, 0.1) is 5.02 Å². The number of hydrogen-bond donors (Lipinski definition) is 1. The molecule has 0 unspecified atom stereocenters. The van der Waals surface area contributed by atoms with E-state index < -0.39 is 5.54 Å². The number of halogens is 3. The Morgan fingerprint density at radius 1 is 1.43 bits per heavy atom. The highest BCUT2D eigenvalue weighted by Gasteiger charge is 2.38. The molecular formula is C10H10BrClFN. The van der Waals surface area contributed by atoms with Gasteiger partial charge in [0.1, 0.15) is 5.82 Å². The second-order valence-electron chi connectivity index (χ2n) is 3.73. The van der Waals surface area contributed by atoms with Crippen LogP contribution in [0.4, 0.5) is 4.39 Å². The number of rotatable bonds is 1. The highest BCUT2D eigenvalue weighted by molar-refractivity contribution is 9.10. The average Bonchev–Trinajstić information content (AvgIpc) is 2.09. The van der Waals surface area contributed by atoms with Gasteiger partial charge >= 0.3 is 0 Å². The zero-order valence-electron chi connectivity index (χ0n) is 7.49. The Hall–Kier alpha value is -0.120. The fraction of sp³-hybridized carbons (Fsp3) is 0.400. The van der Waals surface area contributed by atoms with Crippen LogP contribution in [0.15, 0.2) is 16.6 Å². The third-order valence-corrected chi connectivity index (χ3v) is 4.07. The van der Waals surface area contributed by atoms with Crippen LogP contribution in [0.25, 0.3) is 0 Å². The molecule has 1 aliphatic rings. The average molecular weight is 279 g/mol. The summed E-state index contributed by atoms with van der Waals surface area (Å²) in [5.74, 6) is -0.305. The van der Waals surface area contributed by atoms with Gasteiger partial charge in [-0.05, 0) is 47.3 Å². The highest BCUT2D eigenvalue weighted by atomic mass is 79.9. The third-order valence-electron chi connectivity index (χ3n) is 2.79. The van der Waals surface area contributed by atoms with Crippen LogP contribution in [-0.4, -0.2) is 0 Å². The second-order valence-corrected chi connectivity index (χ2v) is 4.96. The maximum Gasteiger partial charge on any atom is 0.129 e. The van der Waals surface area contributed by atoms with Crippen molar-refractivity contribution in [3.8, 4) is 0 Å². The molecule has 0 saturated heterocycles. The van der Waals surface area contributed by atoms with E-state index in [-0.39, 0.29) is 5.82 Å². The van der Waals surface area contributed by atoms with Crippen LogP contribution >= 0.6 is 27.5 Å². The molecule has 2 N–H and O–H groups in total. The van der Waals surface area contributed by atoms with E-state index in [2.05, 4.69) is 15.9 Å². The lowest BCUT2D eigenvalue weighted by Crippen LogP contribution is -2.44. The minimum Gasteiger partial charge on any atom is -0.321 e. The molecule has 0 aromatic heterocycles. The molecule has 4 heteroatoms. The van der Waals surface area contributed by atoms with Crippen LogP contribution in [0, 0.1) is 5.82 Å². The van der Waals surface area contributed by atoms with E-state index in [1.165, 1.54) is 6.07 Å². The van der Waals surface area contributed by atoms with Crippen LogP contribution < -0.4 is 5.73 Å². The summed E-state index contributed by atoms with van der Waals surface area (Å²) in [6, 6.07) is 3.00. The summed E-state index contributed by atoms with van der Waals surface area (Å²) in [7, 11) is 0. The molecule has 0 spiro atoms. The Morgan fingerprint density at radius 2 is 2.07 bits per heavy atom. The van der Waals surface area contributed by atoms with Crippen LogP contribution in [0.3, 0.4) is 0 Å². The Morgan fingerprint density at radius 3 is 2.57 bits per heavy atom. The van der Waals surface area contributed by atoms with Gasteiger partial charge in [-0.2, -0.15) is 0 Å². The first-order chi connectivity index (χ1) is 6.54. The van der Waals surface area contributed by atoms with Crippen molar-refractivity contribution in [3.63, 3.8) is 0 Å². The molecule has 0 heterocycles. The summed E-state index contributed by atoms with van der Waals surface area (Å²) in [6.07, 6.45) is 2.65. The van der Waals surface area contributed by atoms with Crippen molar-refractivity contribution in [3.05, 3.63) is 33.0 Å². The summed E-state index contributed by atoms with van der Waals surface area (Å²) in [6.45, 7) is 0. The van der Waals surface area contributed by atoms with Gasteiger partial charge in [0.15, 0.2) is 0 Å². The number of nitrogens with two attached hydrogens (primary N) is 1. The first-order valence-corrected chi connectivity index (χ1v) is 5.64. The summed E-state index contributed by atoms with van der Waals surface area (Å²) in [4.78, 5) is 0. The molecule has 1 saturated carbocycles. The van der Waals surface area contributed by atoms with Crippen molar-refractivity contribution in [1.29, 1.82) is 0 Å². The lowest BCUT2D eigenvalue weighted by Gasteiger charge is -2.39. The van der Waals surface area contributed by atoms with E-state index in [1.54, 1.807) is 6.07 Å². The summed E-state index contributed by atoms with van der Waals surface area (Å²) < 4.78 is 14.3. The van der Waals surface area contributed by atoms with Crippen molar-refractivity contribution in [2.45, 2.75) is 24.8 Å². The third kappa shape index (κ3) is 1.47. The Balaban J connectivity index is 2.56. The van der Waals surface area contributed by atoms with E-state index in [4.69, 9.17) is 17.3 Å². The molecule has 1 nitrogen and oxygen atoms in total. The van der Waals surface area contributed by atoms with E-state index in [0.717, 1.165) is 19.3 Å². The monoisotopic (exact) mass is 277 g/mol. The molecule has 1 aliphatic carbocycles. The largest absolute Gasteiger partial charge is 0.321 e. The minimum absolute atomic E-state index is 0.305. The van der Waals surface area contributed by atoms with Gasteiger partial charge in [0.2, 0.25) is 0 Å². The quantitative estimate of drug-likeness (QED) is 0.781. The van der Waals surface area contributed by atoms with Crippen molar-refractivity contribution in [2.24, 2.45) is 5.73 Å². The molecule has 1 aromatic rings. The fourth-order valence-electron chi connectivity index (χ4n) is 1.79. The topological polar surface area (TPSA) is 26.0 Å². The van der Waals surface area contributed by atoms with Gasteiger partial charge in [0, 0.05) is 15.6 Å². The number of hydrogen-bond acceptors (Lipinski definition) is 1. The van der Waals surface area contributed by atoms with Crippen LogP contribution in [0.5, 0.6) is 0 Å². The predicted molar refractivity (Wildman–Crippen MR) is 58.8 cm³/mol. The lowest BCUT2D eigenvalue weighted by atomic mass is 9.72. The SMILES string of the molecule is NC1(c2c(F)ccc(Br)c2Cl)CCC1. The number of benzene rings is 1. The Labute approximate surface area is 95.6 Å². The van der Waals surface area contributed by atoms with E-state index in [9.17, 15) is 4.39 Å². The first kappa shape index (κ1) is 10.4. The molecule has 0 amide bonds. The van der Waals surface area contributed by atoms with Crippen LogP contribution in [0.1, 0.15) is 24.8 Å². The van der Waals surface area contributed by atoms with E-state index >= 15 is 0 Å². The Bertz CT molecular complexity index is 377. The molecule has 0 atom stereocenters. The molecule has 1 aromatic carbocycles. The normalized spacial score (nSPS) is 19.1. The summed E-state index contributed by atoms with van der Waals surface area (Å²) in [5, 5.41) is 0.409. The van der Waals surface area contributed by atoms with Gasteiger partial charge < -0.3 is 5.73 Å². The Kier molecular flexibility index (Phi) is 2.58. The van der Waals surface area contributed by atoms with E-state index in [0.29, 0.717) is 15.1 Å². The predicted octanol–water partition coefficient (Wildman–Crippen LogP) is 3.58. The highest BCUT2D eigenvalue weighted by Crippen LogP contribution is 2.44. The standard InChI is InChI=1S/C10H10BrClFN/c11-6-2-3-7(13)8(9(6)12)10(14)4-1-5-10/h2-3H,1,4-5,14H2. The van der Waals surface area contributed by atoms with Gasteiger partial charge in [-0.1, -0.05) is 11.6 Å². The van der Waals surface area contributed by atoms with Gasteiger partial charge in [-0.3, -0.25) is 0 Å². The molecule has 0 radical (unpaired) electrons. The van der Waals surface area contributed by atoms with Crippen molar-refractivity contribution >= 4 is 27.5 Å². The van der Waals surface area contributed by atoms with Crippen LogP contribution in [-0.2, 0) is 5.54 Å². The zero-order valence-corrected chi connectivity index (χ0v) is 9.83. The first-order valence-electron chi connectivity index (χ1n) is 4.47. The van der Waals surface area contributed by atoms with Crippen molar-refractivity contribution in [2.75, 3.05) is 0 Å². The molecule has 76 valence electrons. The smallest absolute Gasteiger partial charge is 0.129 e. The van der Waals surface area contributed by atoms with Crippen LogP contribution in [0.2, 0.25) is 5.02 Å². The van der Waals surface area contributed by atoms with Gasteiger partial charge in [-0.15, -0.1) is 0 Å². The maximum atomic E-state index is 13.6. The van der Waals surface area contributed by atoms with Crippen molar-refractivity contribution < 1.29 is 4.39 Å². The summed E-state index contributed by atoms with van der Waals surface area (Å²) in [5.41, 5.74) is 5.96. The molecule has 14 heavy (non-hydrogen) atoms. The molecule has 0 aliphatic heterocycles. The van der Waals surface area contributed by atoms with Crippen molar-refractivity contribution in [1.82, 2.24) is 0 Å². The molecule has 1 fully saturated rings. The minimum atomic E-state index is -0.551. The van der Waals surface area contributed by atoms with Gasteiger partial charge in [0.25, 0.3) is 0 Å². The molecule has 0 bridgehead atoms. The zero-order chi connectivity index (χ0) is 10.3. The maximum absolute atomic E-state index is 13.6. The fourth-order valence-corrected chi connectivity index (χ4v) is 2.46.